The first-order chi connectivity index (χ1) is 17.5. The first-order valence-corrected chi connectivity index (χ1v) is 14.7. The number of fused-ring (bicyclic) bond motifs is 3. The van der Waals surface area contributed by atoms with E-state index in [1.54, 1.807) is 24.6 Å². The summed E-state index contributed by atoms with van der Waals surface area (Å²) in [6, 6.07) is 6.09. The number of rotatable bonds is 7. The van der Waals surface area contributed by atoms with Crippen molar-refractivity contribution < 1.29 is 14.3 Å². The van der Waals surface area contributed by atoms with Gasteiger partial charge >= 0.3 is 5.97 Å². The topological polar surface area (TPSA) is 81.2 Å². The fourth-order valence-electron chi connectivity index (χ4n) is 4.44. The second-order valence-electron chi connectivity index (χ2n) is 8.78. The number of esters is 1. The zero-order chi connectivity index (χ0) is 25.2. The molecule has 1 aliphatic carbocycles. The van der Waals surface area contributed by atoms with Gasteiger partial charge in [0.2, 0.25) is 5.91 Å². The predicted octanol–water partition coefficient (Wildman–Crippen LogP) is 6.82. The average molecular weight is 538 g/mol. The maximum Gasteiger partial charge on any atom is 0.341 e. The van der Waals surface area contributed by atoms with Crippen LogP contribution in [0.25, 0.3) is 21.3 Å². The van der Waals surface area contributed by atoms with E-state index in [1.165, 1.54) is 51.9 Å². The zero-order valence-electron chi connectivity index (χ0n) is 20.5. The minimum Gasteiger partial charge on any atom is -0.462 e. The third-order valence-electron chi connectivity index (χ3n) is 6.40. The maximum absolute atomic E-state index is 13.0. The summed E-state index contributed by atoms with van der Waals surface area (Å²) in [5, 5.41) is 7.33. The molecular formula is C27H27N3O3S3. The Morgan fingerprint density at radius 1 is 1.14 bits per heavy atom. The van der Waals surface area contributed by atoms with Crippen molar-refractivity contribution in [1.29, 1.82) is 0 Å². The summed E-state index contributed by atoms with van der Waals surface area (Å²) < 4.78 is 5.34. The molecular weight excluding hydrogens is 511 g/mol. The molecule has 0 fully saturated rings. The quantitative estimate of drug-likeness (QED) is 0.158. The van der Waals surface area contributed by atoms with Crippen LogP contribution in [0.5, 0.6) is 0 Å². The van der Waals surface area contributed by atoms with E-state index >= 15 is 0 Å². The summed E-state index contributed by atoms with van der Waals surface area (Å²) in [5.41, 5.74) is 5.78. The van der Waals surface area contributed by atoms with Gasteiger partial charge in [0.25, 0.3) is 0 Å². The summed E-state index contributed by atoms with van der Waals surface area (Å²) in [6.45, 7) is 6.14. The van der Waals surface area contributed by atoms with Gasteiger partial charge in [-0.25, -0.2) is 14.8 Å². The molecule has 0 aliphatic heterocycles. The van der Waals surface area contributed by atoms with Gasteiger partial charge in [-0.2, -0.15) is 0 Å². The van der Waals surface area contributed by atoms with E-state index in [4.69, 9.17) is 4.74 Å². The number of nitrogens with one attached hydrogen (secondary N) is 1. The summed E-state index contributed by atoms with van der Waals surface area (Å²) in [5.74, 6) is -0.428. The van der Waals surface area contributed by atoms with E-state index in [2.05, 4.69) is 28.3 Å². The van der Waals surface area contributed by atoms with Crippen LogP contribution >= 0.6 is 34.4 Å². The van der Waals surface area contributed by atoms with Crippen molar-refractivity contribution in [3.8, 4) is 11.1 Å². The highest BCUT2D eigenvalue weighted by molar-refractivity contribution is 8.00. The second kappa shape index (κ2) is 10.7. The molecule has 1 aliphatic rings. The number of aromatic nitrogens is 2. The molecule has 0 spiro atoms. The Labute approximate surface area is 222 Å². The maximum atomic E-state index is 13.0. The summed E-state index contributed by atoms with van der Waals surface area (Å²) >= 11 is 4.51. The highest BCUT2D eigenvalue weighted by atomic mass is 32.2. The Morgan fingerprint density at radius 3 is 2.78 bits per heavy atom. The van der Waals surface area contributed by atoms with Gasteiger partial charge < -0.3 is 10.1 Å². The fourth-order valence-corrected chi connectivity index (χ4v) is 7.54. The molecule has 3 heterocycles. The molecule has 4 aromatic rings. The highest BCUT2D eigenvalue weighted by Gasteiger charge is 2.24. The molecule has 1 amide bonds. The Kier molecular flexibility index (Phi) is 7.41. The molecule has 0 saturated carbocycles. The van der Waals surface area contributed by atoms with Crippen molar-refractivity contribution in [3.05, 3.63) is 57.0 Å². The Bertz CT molecular complexity index is 1460. The van der Waals surface area contributed by atoms with Crippen LogP contribution in [0.15, 0.2) is 34.9 Å². The largest absolute Gasteiger partial charge is 0.462 e. The number of carbonyl (C=O) groups excluding carboxylic acids is 2. The highest BCUT2D eigenvalue weighted by Crippen LogP contribution is 2.40. The predicted molar refractivity (Wildman–Crippen MR) is 149 cm³/mol. The van der Waals surface area contributed by atoms with E-state index in [-0.39, 0.29) is 18.3 Å². The minimum atomic E-state index is -0.433. The van der Waals surface area contributed by atoms with Gasteiger partial charge in [0, 0.05) is 21.2 Å². The van der Waals surface area contributed by atoms with Gasteiger partial charge in [-0.3, -0.25) is 4.79 Å². The van der Waals surface area contributed by atoms with Crippen LogP contribution in [0.4, 0.5) is 5.00 Å². The van der Waals surface area contributed by atoms with Crippen molar-refractivity contribution in [1.82, 2.24) is 9.97 Å². The second-order valence-corrected chi connectivity index (χ2v) is 11.7. The van der Waals surface area contributed by atoms with Crippen LogP contribution < -0.4 is 5.32 Å². The number of ether oxygens (including phenoxy) is 1. The summed E-state index contributed by atoms with van der Waals surface area (Å²) in [6.07, 6.45) is 6.11. The lowest BCUT2D eigenvalue weighted by atomic mass is 9.97. The SMILES string of the molecule is CCOC(=O)c1c(-c2ccc(C)c(C)c2)csc1NC(=O)CSc1ncnc2sc3c(c12)CCCC3. The average Bonchev–Trinajstić information content (AvgIpc) is 3.46. The smallest absolute Gasteiger partial charge is 0.341 e. The van der Waals surface area contributed by atoms with Gasteiger partial charge in [-0.15, -0.1) is 22.7 Å². The molecule has 0 unspecified atom stereocenters. The molecule has 1 aromatic carbocycles. The lowest BCUT2D eigenvalue weighted by Crippen LogP contribution is -2.16. The van der Waals surface area contributed by atoms with Crippen molar-refractivity contribution in [3.63, 3.8) is 0 Å². The van der Waals surface area contributed by atoms with Gasteiger partial charge in [0.15, 0.2) is 0 Å². The van der Waals surface area contributed by atoms with Crippen LogP contribution in [0.3, 0.4) is 0 Å². The van der Waals surface area contributed by atoms with Gasteiger partial charge in [-0.1, -0.05) is 30.0 Å². The lowest BCUT2D eigenvalue weighted by molar-refractivity contribution is -0.113. The van der Waals surface area contributed by atoms with E-state index in [9.17, 15) is 9.59 Å². The molecule has 0 saturated heterocycles. The molecule has 5 rings (SSSR count). The molecule has 0 atom stereocenters. The first kappa shape index (κ1) is 24.9. The number of carbonyl (C=O) groups is 2. The van der Waals surface area contributed by atoms with Gasteiger partial charge in [0.05, 0.1) is 12.4 Å². The summed E-state index contributed by atoms with van der Waals surface area (Å²) in [4.78, 5) is 37.3. The summed E-state index contributed by atoms with van der Waals surface area (Å²) in [7, 11) is 0. The zero-order valence-corrected chi connectivity index (χ0v) is 22.9. The number of nitrogens with zero attached hydrogens (tertiary/aromatic N) is 2. The number of thioether (sulfide) groups is 1. The van der Waals surface area contributed by atoms with E-state index in [0.29, 0.717) is 10.6 Å². The molecule has 3 aromatic heterocycles. The van der Waals surface area contributed by atoms with Crippen LogP contribution in [-0.2, 0) is 22.4 Å². The molecule has 186 valence electrons. The third-order valence-corrected chi connectivity index (χ3v) is 9.48. The number of aryl methyl sites for hydroxylation is 4. The van der Waals surface area contributed by atoms with Gasteiger partial charge in [-0.05, 0) is 68.7 Å². The fraction of sp³-hybridized carbons (Fsp3) is 0.333. The monoisotopic (exact) mass is 537 g/mol. The van der Waals surface area contributed by atoms with Crippen molar-refractivity contribution in [2.24, 2.45) is 0 Å². The number of hydrogen-bond acceptors (Lipinski definition) is 8. The molecule has 0 bridgehead atoms. The first-order valence-electron chi connectivity index (χ1n) is 12.0. The number of amides is 1. The normalized spacial score (nSPS) is 13.0. The number of thiophene rings is 2. The van der Waals surface area contributed by atoms with Crippen molar-refractivity contribution in [2.45, 2.75) is 51.5 Å². The van der Waals surface area contributed by atoms with Crippen LogP contribution in [0.2, 0.25) is 0 Å². The molecule has 9 heteroatoms. The minimum absolute atomic E-state index is 0.185. The molecule has 1 N–H and O–H groups in total. The van der Waals surface area contributed by atoms with Crippen LogP contribution in [0.1, 0.15) is 51.7 Å². The van der Waals surface area contributed by atoms with Crippen LogP contribution in [0, 0.1) is 13.8 Å². The lowest BCUT2D eigenvalue weighted by Gasteiger charge is -2.11. The molecule has 6 nitrogen and oxygen atoms in total. The van der Waals surface area contributed by atoms with Crippen molar-refractivity contribution >= 4 is 61.5 Å². The van der Waals surface area contributed by atoms with E-state index in [0.717, 1.165) is 44.8 Å². The Balaban J connectivity index is 1.37. The van der Waals surface area contributed by atoms with Crippen molar-refractivity contribution in [2.75, 3.05) is 17.7 Å². The van der Waals surface area contributed by atoms with Crippen LogP contribution in [-0.4, -0.2) is 34.2 Å². The number of benzene rings is 1. The number of hydrogen-bond donors (Lipinski definition) is 1. The number of anilines is 1. The Morgan fingerprint density at radius 2 is 1.97 bits per heavy atom. The molecule has 0 radical (unpaired) electrons. The molecule has 36 heavy (non-hydrogen) atoms. The van der Waals surface area contributed by atoms with Gasteiger partial charge in [0.1, 0.15) is 26.7 Å². The van der Waals surface area contributed by atoms with E-state index in [1.807, 2.05) is 24.4 Å². The third kappa shape index (κ3) is 4.92. The standard InChI is InChI=1S/C27H27N3O3S3/c1-4-33-27(32)23-19(17-10-9-15(2)16(3)11-17)12-34-26(23)30-21(31)13-35-24-22-18-7-5-6-8-20(18)36-25(22)29-14-28-24/h9-12,14H,4-8,13H2,1-3H3,(H,30,31). The Hall–Kier alpha value is -2.75. The van der Waals surface area contributed by atoms with E-state index < -0.39 is 5.97 Å².